The fraction of sp³-hybridized carbons (Fsp3) is 0.458. The van der Waals surface area contributed by atoms with Crippen LogP contribution in [-0.2, 0) is 17.9 Å². The first-order valence-electron chi connectivity index (χ1n) is 10.9. The maximum Gasteiger partial charge on any atom is 0.328 e. The number of phenols is 1. The lowest BCUT2D eigenvalue weighted by molar-refractivity contribution is -0.136. The molecule has 7 nitrogen and oxygen atoms in total. The number of rotatable bonds is 6. The minimum atomic E-state index is -0.786. The number of piperidine rings is 1. The first kappa shape index (κ1) is 21.3. The van der Waals surface area contributed by atoms with Crippen LogP contribution in [0.15, 0.2) is 48.7 Å². The molecule has 3 heterocycles. The molecule has 2 aromatic rings. The van der Waals surface area contributed by atoms with E-state index >= 15 is 0 Å². The van der Waals surface area contributed by atoms with Crippen LogP contribution in [-0.4, -0.2) is 61.9 Å². The van der Waals surface area contributed by atoms with E-state index in [1.54, 1.807) is 17.2 Å². The highest BCUT2D eigenvalue weighted by Gasteiger charge is 2.57. The van der Waals surface area contributed by atoms with E-state index in [2.05, 4.69) is 23.7 Å². The topological polar surface area (TPSA) is 77.0 Å². The second-order valence-electron chi connectivity index (χ2n) is 8.94. The van der Waals surface area contributed by atoms with E-state index in [0.717, 1.165) is 5.56 Å². The van der Waals surface area contributed by atoms with Crippen LogP contribution in [0.4, 0.5) is 4.79 Å². The van der Waals surface area contributed by atoms with E-state index in [9.17, 15) is 14.7 Å². The number of aromatic hydroxyl groups is 1. The van der Waals surface area contributed by atoms with Gasteiger partial charge in [-0.1, -0.05) is 38.1 Å². The predicted molar refractivity (Wildman–Crippen MR) is 117 cm³/mol. The molecule has 4 rings (SSSR count). The van der Waals surface area contributed by atoms with Gasteiger partial charge in [-0.2, -0.15) is 0 Å². The van der Waals surface area contributed by atoms with Crippen molar-refractivity contribution in [2.24, 2.45) is 5.92 Å². The van der Waals surface area contributed by atoms with Gasteiger partial charge >= 0.3 is 6.03 Å². The largest absolute Gasteiger partial charge is 0.508 e. The number of hydrogen-bond donors (Lipinski definition) is 1. The number of nitrogens with zero attached hydrogens (tertiary/aromatic N) is 4. The van der Waals surface area contributed by atoms with Gasteiger partial charge in [0.2, 0.25) is 0 Å². The molecule has 7 heteroatoms. The lowest BCUT2D eigenvalue weighted by Gasteiger charge is -2.42. The van der Waals surface area contributed by atoms with Gasteiger partial charge in [0.05, 0.1) is 12.2 Å². The molecule has 0 unspecified atom stereocenters. The van der Waals surface area contributed by atoms with Gasteiger partial charge in [0, 0.05) is 37.9 Å². The maximum atomic E-state index is 13.6. The number of hydrogen-bond acceptors (Lipinski definition) is 5. The molecule has 0 atom stereocenters. The van der Waals surface area contributed by atoms with Gasteiger partial charge in [-0.05, 0) is 37.0 Å². The van der Waals surface area contributed by atoms with Crippen molar-refractivity contribution in [1.29, 1.82) is 0 Å². The smallest absolute Gasteiger partial charge is 0.328 e. The van der Waals surface area contributed by atoms with Gasteiger partial charge < -0.3 is 10.0 Å². The highest BCUT2D eigenvalue weighted by atomic mass is 16.3. The number of likely N-dealkylation sites (tertiary alicyclic amines) is 1. The van der Waals surface area contributed by atoms with Crippen molar-refractivity contribution in [1.82, 2.24) is 19.7 Å². The van der Waals surface area contributed by atoms with Crippen LogP contribution in [0.5, 0.6) is 5.75 Å². The number of urea groups is 1. The van der Waals surface area contributed by atoms with Crippen molar-refractivity contribution in [2.75, 3.05) is 19.6 Å². The third kappa shape index (κ3) is 4.14. The quantitative estimate of drug-likeness (QED) is 0.723. The highest BCUT2D eigenvalue weighted by molar-refractivity contribution is 6.07. The molecule has 2 saturated heterocycles. The average molecular weight is 423 g/mol. The minimum absolute atomic E-state index is 0.106. The Morgan fingerprint density at radius 3 is 2.39 bits per heavy atom. The van der Waals surface area contributed by atoms with E-state index in [-0.39, 0.29) is 30.2 Å². The van der Waals surface area contributed by atoms with Crippen LogP contribution in [0.2, 0.25) is 0 Å². The van der Waals surface area contributed by atoms with Crippen LogP contribution in [0.1, 0.15) is 37.9 Å². The van der Waals surface area contributed by atoms with E-state index in [1.165, 1.54) is 4.90 Å². The SMILES string of the molecule is CC(C)CN1C(=O)N(Cc2ccccn2)C(=O)C12CCN(Cc1ccccc1O)CC2. The zero-order valence-electron chi connectivity index (χ0n) is 18.2. The monoisotopic (exact) mass is 422 g/mol. The summed E-state index contributed by atoms with van der Waals surface area (Å²) in [5.74, 6) is 0.451. The number of benzene rings is 1. The number of aromatic nitrogens is 1. The Labute approximate surface area is 183 Å². The molecule has 0 saturated carbocycles. The maximum absolute atomic E-state index is 13.6. The number of pyridine rings is 1. The van der Waals surface area contributed by atoms with E-state index in [0.29, 0.717) is 44.7 Å². The standard InChI is InChI=1S/C24H30N4O3/c1-18(2)15-28-23(31)27(17-20-8-5-6-12-25-20)22(30)24(28)10-13-26(14-11-24)16-19-7-3-4-9-21(19)29/h3-9,12,18,29H,10-11,13-17H2,1-2H3. The van der Waals surface area contributed by atoms with Crippen LogP contribution in [0, 0.1) is 5.92 Å². The van der Waals surface area contributed by atoms with Crippen molar-refractivity contribution in [3.05, 3.63) is 59.9 Å². The van der Waals surface area contributed by atoms with Gasteiger partial charge in [0.25, 0.3) is 5.91 Å². The zero-order chi connectivity index (χ0) is 22.0. The summed E-state index contributed by atoms with van der Waals surface area (Å²) in [6.45, 7) is 6.92. The first-order chi connectivity index (χ1) is 14.9. The molecular weight excluding hydrogens is 392 g/mol. The zero-order valence-corrected chi connectivity index (χ0v) is 18.2. The second kappa shape index (κ2) is 8.67. The number of carbonyl (C=O) groups is 2. The molecule has 0 radical (unpaired) electrons. The van der Waals surface area contributed by atoms with E-state index in [1.807, 2.05) is 36.4 Å². The van der Waals surface area contributed by atoms with Crippen molar-refractivity contribution >= 4 is 11.9 Å². The molecule has 3 amide bonds. The van der Waals surface area contributed by atoms with Gasteiger partial charge in [-0.25, -0.2) is 4.79 Å². The van der Waals surface area contributed by atoms with E-state index < -0.39 is 5.54 Å². The second-order valence-corrected chi connectivity index (χ2v) is 8.94. The summed E-state index contributed by atoms with van der Waals surface area (Å²) in [5, 5.41) is 10.1. The average Bonchev–Trinajstić information content (AvgIpc) is 2.94. The lowest BCUT2D eigenvalue weighted by atomic mass is 9.85. The third-order valence-corrected chi connectivity index (χ3v) is 6.28. The molecule has 1 N–H and O–H groups in total. The van der Waals surface area contributed by atoms with Crippen LogP contribution in [0.3, 0.4) is 0 Å². The summed E-state index contributed by atoms with van der Waals surface area (Å²) in [6.07, 6.45) is 2.87. The van der Waals surface area contributed by atoms with Crippen molar-refractivity contribution in [2.45, 2.75) is 45.3 Å². The predicted octanol–water partition coefficient (Wildman–Crippen LogP) is 3.24. The van der Waals surface area contributed by atoms with Crippen LogP contribution >= 0.6 is 0 Å². The molecule has 31 heavy (non-hydrogen) atoms. The summed E-state index contributed by atoms with van der Waals surface area (Å²) in [7, 11) is 0. The molecule has 2 fully saturated rings. The van der Waals surface area contributed by atoms with Crippen molar-refractivity contribution in [3.8, 4) is 5.75 Å². The van der Waals surface area contributed by atoms with Crippen molar-refractivity contribution < 1.29 is 14.7 Å². The summed E-state index contributed by atoms with van der Waals surface area (Å²) in [6, 6.07) is 12.7. The van der Waals surface area contributed by atoms with Gasteiger partial charge in [0.15, 0.2) is 0 Å². The Hall–Kier alpha value is -2.93. The fourth-order valence-electron chi connectivity index (χ4n) is 4.64. The number of carbonyl (C=O) groups excluding carboxylic acids is 2. The van der Waals surface area contributed by atoms with Crippen LogP contribution in [0.25, 0.3) is 0 Å². The minimum Gasteiger partial charge on any atom is -0.508 e. The Kier molecular flexibility index (Phi) is 5.96. The van der Waals surface area contributed by atoms with Crippen LogP contribution < -0.4 is 0 Å². The number of phenolic OH excluding ortho intramolecular Hbond substituents is 1. The summed E-state index contributed by atoms with van der Waals surface area (Å²) in [4.78, 5) is 36.6. The molecule has 2 aliphatic rings. The molecule has 0 bridgehead atoms. The molecule has 164 valence electrons. The van der Waals surface area contributed by atoms with Gasteiger partial charge in [0.1, 0.15) is 11.3 Å². The molecular formula is C24H30N4O3. The Balaban J connectivity index is 1.53. The molecule has 2 aliphatic heterocycles. The third-order valence-electron chi connectivity index (χ3n) is 6.28. The number of para-hydroxylation sites is 1. The Bertz CT molecular complexity index is 939. The first-order valence-corrected chi connectivity index (χ1v) is 10.9. The lowest BCUT2D eigenvalue weighted by Crippen LogP contribution is -2.57. The Morgan fingerprint density at radius 1 is 1.03 bits per heavy atom. The molecule has 0 aliphatic carbocycles. The molecule has 1 aromatic carbocycles. The van der Waals surface area contributed by atoms with Crippen molar-refractivity contribution in [3.63, 3.8) is 0 Å². The normalized spacial score (nSPS) is 19.1. The number of amides is 3. The highest BCUT2D eigenvalue weighted by Crippen LogP contribution is 2.39. The Morgan fingerprint density at radius 2 is 1.74 bits per heavy atom. The summed E-state index contributed by atoms with van der Waals surface area (Å²) in [5.41, 5.74) is 0.802. The summed E-state index contributed by atoms with van der Waals surface area (Å²) >= 11 is 0. The molecule has 1 aromatic heterocycles. The van der Waals surface area contributed by atoms with Gasteiger partial charge in [-0.3, -0.25) is 19.6 Å². The fourth-order valence-corrected chi connectivity index (χ4v) is 4.64. The summed E-state index contributed by atoms with van der Waals surface area (Å²) < 4.78 is 0. The molecule has 1 spiro atoms. The van der Waals surface area contributed by atoms with E-state index in [4.69, 9.17) is 0 Å². The number of imide groups is 1. The van der Waals surface area contributed by atoms with Gasteiger partial charge in [-0.15, -0.1) is 0 Å².